The van der Waals surface area contributed by atoms with Crippen LogP contribution in [0, 0.1) is 0 Å². The first-order chi connectivity index (χ1) is 7.27. The number of ether oxygens (including phenoxy) is 1. The second-order valence-electron chi connectivity index (χ2n) is 4.03. The van der Waals surface area contributed by atoms with Crippen LogP contribution in [0.15, 0.2) is 18.2 Å². The standard InChI is InChI=1S/C12H10O3/c13-11-8-5-1-3-7-4-2-6-9(10(7)8)12(14)15-11/h1,3,5,9H,2,4,6H2. The molecule has 1 aliphatic heterocycles. The lowest BCUT2D eigenvalue weighted by Gasteiger charge is -2.29. The molecule has 1 heterocycles. The molecule has 3 nitrogen and oxygen atoms in total. The second kappa shape index (κ2) is 2.92. The molecular formula is C12H10O3. The summed E-state index contributed by atoms with van der Waals surface area (Å²) < 4.78 is 4.73. The van der Waals surface area contributed by atoms with Crippen LogP contribution in [-0.2, 0) is 16.0 Å². The Morgan fingerprint density at radius 2 is 2.13 bits per heavy atom. The van der Waals surface area contributed by atoms with Crippen molar-refractivity contribution in [3.8, 4) is 0 Å². The maximum Gasteiger partial charge on any atom is 0.346 e. The molecular weight excluding hydrogens is 192 g/mol. The fourth-order valence-corrected chi connectivity index (χ4v) is 2.51. The Morgan fingerprint density at radius 1 is 1.27 bits per heavy atom. The van der Waals surface area contributed by atoms with E-state index in [4.69, 9.17) is 4.74 Å². The highest BCUT2D eigenvalue weighted by molar-refractivity contribution is 6.04. The molecule has 2 aliphatic rings. The van der Waals surface area contributed by atoms with Gasteiger partial charge in [0.1, 0.15) is 0 Å². The molecule has 76 valence electrons. The molecule has 0 fully saturated rings. The Hall–Kier alpha value is -1.64. The van der Waals surface area contributed by atoms with Gasteiger partial charge in [0.15, 0.2) is 0 Å². The summed E-state index contributed by atoms with van der Waals surface area (Å²) in [5.41, 5.74) is 2.63. The third-order valence-corrected chi connectivity index (χ3v) is 3.18. The molecule has 1 unspecified atom stereocenters. The predicted molar refractivity (Wildman–Crippen MR) is 52.5 cm³/mol. The molecule has 1 atom stereocenters. The van der Waals surface area contributed by atoms with E-state index in [2.05, 4.69) is 0 Å². The first-order valence-corrected chi connectivity index (χ1v) is 5.15. The quantitative estimate of drug-likeness (QED) is 0.476. The minimum Gasteiger partial charge on any atom is -0.389 e. The zero-order valence-corrected chi connectivity index (χ0v) is 8.16. The van der Waals surface area contributed by atoms with Gasteiger partial charge in [0.05, 0.1) is 11.5 Å². The van der Waals surface area contributed by atoms with Crippen molar-refractivity contribution in [3.05, 3.63) is 34.9 Å². The number of esters is 2. The van der Waals surface area contributed by atoms with Crippen LogP contribution in [0.2, 0.25) is 0 Å². The highest BCUT2D eigenvalue weighted by Gasteiger charge is 2.37. The minimum atomic E-state index is -0.491. The number of benzene rings is 1. The molecule has 0 amide bonds. The summed E-state index contributed by atoms with van der Waals surface area (Å²) in [7, 11) is 0. The third kappa shape index (κ3) is 1.12. The van der Waals surface area contributed by atoms with Crippen LogP contribution in [-0.4, -0.2) is 11.9 Å². The highest BCUT2D eigenvalue weighted by Crippen LogP contribution is 2.38. The van der Waals surface area contributed by atoms with Crippen LogP contribution in [0.3, 0.4) is 0 Å². The lowest BCUT2D eigenvalue weighted by atomic mass is 9.79. The smallest absolute Gasteiger partial charge is 0.346 e. The normalized spacial score (nSPS) is 23.3. The zero-order valence-electron chi connectivity index (χ0n) is 8.16. The molecule has 0 saturated heterocycles. The summed E-state index contributed by atoms with van der Waals surface area (Å²) in [5.74, 6) is -1.07. The topological polar surface area (TPSA) is 43.4 Å². The van der Waals surface area contributed by atoms with Crippen LogP contribution in [0.25, 0.3) is 0 Å². The van der Waals surface area contributed by atoms with Crippen LogP contribution in [0.1, 0.15) is 40.2 Å². The molecule has 0 bridgehead atoms. The Kier molecular flexibility index (Phi) is 1.69. The molecule has 0 spiro atoms. The molecule has 0 aromatic heterocycles. The van der Waals surface area contributed by atoms with E-state index in [0.717, 1.165) is 30.4 Å². The van der Waals surface area contributed by atoms with E-state index in [1.807, 2.05) is 12.1 Å². The Balaban J connectivity index is 2.28. The maximum atomic E-state index is 11.5. The molecule has 1 aromatic rings. The number of rotatable bonds is 0. The fraction of sp³-hybridized carbons (Fsp3) is 0.333. The van der Waals surface area contributed by atoms with Crippen molar-refractivity contribution in [2.75, 3.05) is 0 Å². The first-order valence-electron chi connectivity index (χ1n) is 5.15. The number of carbonyl (C=O) groups excluding carboxylic acids is 2. The summed E-state index contributed by atoms with van der Waals surface area (Å²) in [4.78, 5) is 23.0. The summed E-state index contributed by atoms with van der Waals surface area (Å²) in [6.07, 6.45) is 2.75. The van der Waals surface area contributed by atoms with Crippen molar-refractivity contribution < 1.29 is 14.3 Å². The van der Waals surface area contributed by atoms with Crippen LogP contribution in [0.5, 0.6) is 0 Å². The third-order valence-electron chi connectivity index (χ3n) is 3.18. The van der Waals surface area contributed by atoms with Crippen LogP contribution < -0.4 is 0 Å². The molecule has 1 aromatic carbocycles. The van der Waals surface area contributed by atoms with Gasteiger partial charge in [-0.1, -0.05) is 12.1 Å². The molecule has 0 N–H and O–H groups in total. The Bertz CT molecular complexity index is 462. The van der Waals surface area contributed by atoms with E-state index in [1.165, 1.54) is 0 Å². The first kappa shape index (κ1) is 8.65. The Morgan fingerprint density at radius 3 is 3.00 bits per heavy atom. The lowest BCUT2D eigenvalue weighted by molar-refractivity contribution is -0.140. The summed E-state index contributed by atoms with van der Waals surface area (Å²) in [5, 5.41) is 0. The van der Waals surface area contributed by atoms with Gasteiger partial charge < -0.3 is 4.74 Å². The minimum absolute atomic E-state index is 0.206. The van der Waals surface area contributed by atoms with Crippen molar-refractivity contribution >= 4 is 11.9 Å². The van der Waals surface area contributed by atoms with Gasteiger partial charge in [-0.15, -0.1) is 0 Å². The number of cyclic esters (lactones) is 2. The maximum absolute atomic E-state index is 11.5. The molecule has 3 heteroatoms. The highest BCUT2D eigenvalue weighted by atomic mass is 16.6. The van der Waals surface area contributed by atoms with Crippen LogP contribution >= 0.6 is 0 Å². The van der Waals surface area contributed by atoms with E-state index in [1.54, 1.807) is 6.07 Å². The summed E-state index contributed by atoms with van der Waals surface area (Å²) in [6, 6.07) is 5.59. The fourth-order valence-electron chi connectivity index (χ4n) is 2.51. The number of carbonyl (C=O) groups is 2. The van der Waals surface area contributed by atoms with Gasteiger partial charge in [-0.3, -0.25) is 4.79 Å². The van der Waals surface area contributed by atoms with Crippen molar-refractivity contribution in [1.82, 2.24) is 0 Å². The Labute approximate surface area is 87.0 Å². The average Bonchev–Trinajstić information content (AvgIpc) is 2.25. The van der Waals surface area contributed by atoms with Gasteiger partial charge in [-0.05, 0) is 36.5 Å². The summed E-state index contributed by atoms with van der Waals surface area (Å²) in [6.45, 7) is 0. The van der Waals surface area contributed by atoms with E-state index < -0.39 is 5.97 Å². The van der Waals surface area contributed by atoms with Crippen molar-refractivity contribution in [2.24, 2.45) is 0 Å². The summed E-state index contributed by atoms with van der Waals surface area (Å²) >= 11 is 0. The molecule has 3 rings (SSSR count). The average molecular weight is 202 g/mol. The molecule has 0 radical (unpaired) electrons. The second-order valence-corrected chi connectivity index (χ2v) is 4.03. The van der Waals surface area contributed by atoms with Gasteiger partial charge in [0.25, 0.3) is 0 Å². The van der Waals surface area contributed by atoms with E-state index in [-0.39, 0.29) is 11.9 Å². The van der Waals surface area contributed by atoms with Gasteiger partial charge >= 0.3 is 11.9 Å². The molecule has 15 heavy (non-hydrogen) atoms. The van der Waals surface area contributed by atoms with Gasteiger partial charge in [0, 0.05) is 0 Å². The number of aryl methyl sites for hydroxylation is 1. The van der Waals surface area contributed by atoms with E-state index in [0.29, 0.717) is 5.56 Å². The zero-order chi connectivity index (χ0) is 10.4. The van der Waals surface area contributed by atoms with Crippen molar-refractivity contribution in [1.29, 1.82) is 0 Å². The predicted octanol–water partition coefficient (Wildman–Crippen LogP) is 1.80. The SMILES string of the molecule is O=C1OC(=O)C2CCCc3cccc1c32. The van der Waals surface area contributed by atoms with Crippen molar-refractivity contribution in [2.45, 2.75) is 25.2 Å². The number of hydrogen-bond acceptors (Lipinski definition) is 3. The van der Waals surface area contributed by atoms with Crippen molar-refractivity contribution in [3.63, 3.8) is 0 Å². The lowest BCUT2D eigenvalue weighted by Crippen LogP contribution is -2.31. The largest absolute Gasteiger partial charge is 0.389 e. The van der Waals surface area contributed by atoms with Gasteiger partial charge in [0.2, 0.25) is 0 Å². The monoisotopic (exact) mass is 202 g/mol. The number of hydrogen-bond donors (Lipinski definition) is 0. The molecule has 1 aliphatic carbocycles. The van der Waals surface area contributed by atoms with E-state index in [9.17, 15) is 9.59 Å². The van der Waals surface area contributed by atoms with E-state index >= 15 is 0 Å². The van der Waals surface area contributed by atoms with Gasteiger partial charge in [-0.25, -0.2) is 4.79 Å². The molecule has 0 saturated carbocycles. The van der Waals surface area contributed by atoms with Gasteiger partial charge in [-0.2, -0.15) is 0 Å². The van der Waals surface area contributed by atoms with Crippen LogP contribution in [0.4, 0.5) is 0 Å².